The van der Waals surface area contributed by atoms with Crippen molar-refractivity contribution in [1.29, 1.82) is 0 Å². The van der Waals surface area contributed by atoms with E-state index in [0.717, 1.165) is 4.90 Å². The zero-order valence-electron chi connectivity index (χ0n) is 11.0. The molecule has 2 rings (SSSR count). The van der Waals surface area contributed by atoms with E-state index in [2.05, 4.69) is 5.32 Å². The lowest BCUT2D eigenvalue weighted by Crippen LogP contribution is -2.58. The third kappa shape index (κ3) is 2.77. The fourth-order valence-electron chi connectivity index (χ4n) is 1.81. The first-order valence-electron chi connectivity index (χ1n) is 5.76. The lowest BCUT2D eigenvalue weighted by atomic mass is 10.2. The van der Waals surface area contributed by atoms with E-state index in [9.17, 15) is 18.8 Å². The number of hydrogen-bond donors (Lipinski definition) is 1. The van der Waals surface area contributed by atoms with Gasteiger partial charge in [0.25, 0.3) is 11.8 Å². The van der Waals surface area contributed by atoms with Crippen LogP contribution in [0.1, 0.15) is 5.56 Å². The summed E-state index contributed by atoms with van der Waals surface area (Å²) in [5.74, 6) is -1.62. The molecule has 0 spiro atoms. The van der Waals surface area contributed by atoms with Crippen LogP contribution < -0.4 is 5.32 Å². The number of urea groups is 1. The Hall–Kier alpha value is -2.02. The molecule has 0 bridgehead atoms. The molecule has 0 radical (unpaired) electrons. The number of benzene rings is 1. The van der Waals surface area contributed by atoms with Crippen LogP contribution in [0.2, 0.25) is 0 Å². The number of halogens is 1. The molecule has 1 aromatic carbocycles. The summed E-state index contributed by atoms with van der Waals surface area (Å²) in [5, 5.41) is 2.15. The number of barbiturate groups is 1. The SMILES string of the molecule is CS(C)=C1C(=O)NC(=O)N(Cc2ccc(F)cc2)C1=O. The van der Waals surface area contributed by atoms with Crippen LogP contribution in [0, 0.1) is 5.82 Å². The summed E-state index contributed by atoms with van der Waals surface area (Å²) in [4.78, 5) is 36.6. The van der Waals surface area contributed by atoms with Crippen LogP contribution in [0.3, 0.4) is 0 Å². The van der Waals surface area contributed by atoms with Crippen molar-refractivity contribution in [3.63, 3.8) is 0 Å². The molecule has 4 amide bonds. The number of hydrogen-bond acceptors (Lipinski definition) is 3. The summed E-state index contributed by atoms with van der Waals surface area (Å²) in [6.07, 6.45) is 3.47. The molecular weight excluding hydrogens is 283 g/mol. The van der Waals surface area contributed by atoms with Gasteiger partial charge in [-0.2, -0.15) is 10.5 Å². The molecule has 1 aromatic rings. The van der Waals surface area contributed by atoms with Crippen LogP contribution >= 0.6 is 10.5 Å². The maximum atomic E-state index is 12.8. The Morgan fingerprint density at radius 1 is 1.15 bits per heavy atom. The Balaban J connectivity index is 2.28. The van der Waals surface area contributed by atoms with Gasteiger partial charge < -0.3 is 0 Å². The minimum Gasteiger partial charge on any atom is -0.273 e. The van der Waals surface area contributed by atoms with Crippen LogP contribution in [0.4, 0.5) is 9.18 Å². The van der Waals surface area contributed by atoms with Crippen molar-refractivity contribution in [3.8, 4) is 0 Å². The van der Waals surface area contributed by atoms with Crippen molar-refractivity contribution >= 4 is 33.2 Å². The maximum absolute atomic E-state index is 12.8. The summed E-state index contributed by atoms with van der Waals surface area (Å²) in [6, 6.07) is 4.73. The fraction of sp³-hybridized carbons (Fsp3) is 0.231. The van der Waals surface area contributed by atoms with E-state index in [4.69, 9.17) is 0 Å². The van der Waals surface area contributed by atoms with Crippen LogP contribution in [-0.4, -0.2) is 40.1 Å². The van der Waals surface area contributed by atoms with E-state index in [-0.39, 0.29) is 11.4 Å². The molecule has 1 heterocycles. The third-order valence-electron chi connectivity index (χ3n) is 2.77. The first-order valence-corrected chi connectivity index (χ1v) is 7.80. The highest BCUT2D eigenvalue weighted by molar-refractivity contribution is 8.16. The second kappa shape index (κ2) is 5.54. The Morgan fingerprint density at radius 2 is 1.75 bits per heavy atom. The number of carbonyl (C=O) groups excluding carboxylic acids is 3. The Morgan fingerprint density at radius 3 is 2.30 bits per heavy atom. The molecule has 0 atom stereocenters. The minimum atomic E-state index is -0.751. The summed E-state index contributed by atoms with van der Waals surface area (Å²) < 4.78 is 12.8. The van der Waals surface area contributed by atoms with Crippen LogP contribution in [0.5, 0.6) is 0 Å². The van der Waals surface area contributed by atoms with Gasteiger partial charge in [-0.3, -0.25) is 19.8 Å². The molecule has 0 aromatic heterocycles. The average molecular weight is 296 g/mol. The summed E-state index contributed by atoms with van der Waals surface area (Å²) in [5.41, 5.74) is 0.607. The van der Waals surface area contributed by atoms with Crippen LogP contribution in [0.25, 0.3) is 0 Å². The highest BCUT2D eigenvalue weighted by atomic mass is 32.2. The molecule has 5 nitrogen and oxygen atoms in total. The zero-order valence-corrected chi connectivity index (χ0v) is 11.8. The molecule has 106 valence electrons. The van der Waals surface area contributed by atoms with E-state index in [1.54, 1.807) is 12.5 Å². The molecule has 1 N–H and O–H groups in total. The molecule has 1 saturated heterocycles. The molecule has 0 unspecified atom stereocenters. The van der Waals surface area contributed by atoms with Gasteiger partial charge in [-0.05, 0) is 30.2 Å². The third-order valence-corrected chi connectivity index (χ3v) is 3.95. The smallest absolute Gasteiger partial charge is 0.273 e. The lowest BCUT2D eigenvalue weighted by molar-refractivity contribution is -0.125. The highest BCUT2D eigenvalue weighted by Crippen LogP contribution is 2.14. The second-order valence-corrected chi connectivity index (χ2v) is 6.46. The van der Waals surface area contributed by atoms with Gasteiger partial charge in [0, 0.05) is 0 Å². The van der Waals surface area contributed by atoms with Crippen molar-refractivity contribution in [2.75, 3.05) is 12.5 Å². The number of carbonyl (C=O) groups is 3. The molecule has 1 aliphatic rings. The van der Waals surface area contributed by atoms with Crippen molar-refractivity contribution in [2.24, 2.45) is 0 Å². The number of nitrogens with one attached hydrogen (secondary N) is 1. The number of amides is 4. The quantitative estimate of drug-likeness (QED) is 0.831. The van der Waals surface area contributed by atoms with Crippen LogP contribution in [-0.2, 0) is 16.1 Å². The molecule has 20 heavy (non-hydrogen) atoms. The number of imide groups is 2. The Labute approximate surface area is 117 Å². The van der Waals surface area contributed by atoms with Crippen molar-refractivity contribution in [2.45, 2.75) is 6.54 Å². The average Bonchev–Trinajstić information content (AvgIpc) is 2.36. The van der Waals surface area contributed by atoms with Gasteiger partial charge in [0.15, 0.2) is 0 Å². The summed E-state index contributed by atoms with van der Waals surface area (Å²) in [6.45, 7) is -0.00106. The number of nitrogens with zero attached hydrogens (tertiary/aromatic N) is 1. The maximum Gasteiger partial charge on any atom is 0.331 e. The normalized spacial score (nSPS) is 15.9. The van der Waals surface area contributed by atoms with Gasteiger partial charge in [-0.1, -0.05) is 12.1 Å². The Bertz CT molecular complexity index is 621. The van der Waals surface area contributed by atoms with Crippen molar-refractivity contribution in [1.82, 2.24) is 10.2 Å². The summed E-state index contributed by atoms with van der Waals surface area (Å²) in [7, 11) is -0.558. The van der Waals surface area contributed by atoms with Crippen molar-refractivity contribution < 1.29 is 18.8 Å². The van der Waals surface area contributed by atoms with E-state index in [1.165, 1.54) is 24.3 Å². The monoisotopic (exact) mass is 296 g/mol. The van der Waals surface area contributed by atoms with Crippen LogP contribution in [0.15, 0.2) is 24.3 Å². The topological polar surface area (TPSA) is 66.5 Å². The van der Waals surface area contributed by atoms with Gasteiger partial charge in [0.05, 0.1) is 6.54 Å². The van der Waals surface area contributed by atoms with Gasteiger partial charge >= 0.3 is 6.03 Å². The predicted molar refractivity (Wildman–Crippen MR) is 74.9 cm³/mol. The molecule has 1 aliphatic heterocycles. The zero-order chi connectivity index (χ0) is 14.9. The van der Waals surface area contributed by atoms with E-state index in [1.807, 2.05) is 0 Å². The molecule has 7 heteroatoms. The molecule has 0 aliphatic carbocycles. The van der Waals surface area contributed by atoms with Gasteiger partial charge in [0.2, 0.25) is 0 Å². The lowest BCUT2D eigenvalue weighted by Gasteiger charge is -2.27. The largest absolute Gasteiger partial charge is 0.331 e. The van der Waals surface area contributed by atoms with Gasteiger partial charge in [-0.15, -0.1) is 0 Å². The first kappa shape index (κ1) is 14.4. The Kier molecular flexibility index (Phi) is 3.99. The highest BCUT2D eigenvalue weighted by Gasteiger charge is 2.36. The summed E-state index contributed by atoms with van der Waals surface area (Å²) >= 11 is 0. The molecule has 0 saturated carbocycles. The van der Waals surface area contributed by atoms with E-state index < -0.39 is 34.1 Å². The van der Waals surface area contributed by atoms with Crippen molar-refractivity contribution in [3.05, 3.63) is 35.6 Å². The minimum absolute atomic E-state index is 0.00106. The van der Waals surface area contributed by atoms with E-state index in [0.29, 0.717) is 5.56 Å². The second-order valence-electron chi connectivity index (χ2n) is 4.42. The van der Waals surface area contributed by atoms with Gasteiger partial charge in [-0.25, -0.2) is 9.18 Å². The first-order chi connectivity index (χ1) is 9.40. The van der Waals surface area contributed by atoms with E-state index >= 15 is 0 Å². The standard InChI is InChI=1S/C13H13FN2O3S/c1-20(2)10-11(17)15-13(19)16(12(10)18)7-8-3-5-9(14)6-4-8/h3-6H,7H2,1-2H3,(H,15,17,19). The fourth-order valence-corrected chi connectivity index (χ4v) is 2.69. The molecule has 1 fully saturated rings. The number of rotatable bonds is 2. The van der Waals surface area contributed by atoms with Gasteiger partial charge in [0.1, 0.15) is 10.7 Å². The predicted octanol–water partition coefficient (Wildman–Crippen LogP) is 1.10. The molecular formula is C13H13FN2O3S.